The second kappa shape index (κ2) is 4.12. The lowest BCUT2D eigenvalue weighted by Gasteiger charge is -2.05. The molecule has 0 saturated carbocycles. The van der Waals surface area contributed by atoms with Gasteiger partial charge in [0, 0.05) is 15.1 Å². The van der Waals surface area contributed by atoms with Gasteiger partial charge in [-0.1, -0.05) is 27.5 Å². The van der Waals surface area contributed by atoms with Crippen LogP contribution in [0, 0.1) is 0 Å². The van der Waals surface area contributed by atoms with E-state index in [0.29, 0.717) is 18.0 Å². The maximum Gasteiger partial charge on any atom is 0.121 e. The molecule has 0 amide bonds. The minimum Gasteiger partial charge on any atom is -0.508 e. The summed E-state index contributed by atoms with van der Waals surface area (Å²) in [5.41, 5.74) is 6.18. The van der Waals surface area contributed by atoms with E-state index >= 15 is 0 Å². The Bertz CT molecular complexity index is 267. The smallest absolute Gasteiger partial charge is 0.121 e. The maximum atomic E-state index is 9.43. The van der Waals surface area contributed by atoms with Gasteiger partial charge in [0.05, 0.1) is 0 Å². The van der Waals surface area contributed by atoms with Crippen molar-refractivity contribution >= 4 is 27.5 Å². The second-order valence-electron chi connectivity index (χ2n) is 2.42. The molecule has 0 heterocycles. The van der Waals surface area contributed by atoms with E-state index < -0.39 is 0 Å². The van der Waals surface area contributed by atoms with Gasteiger partial charge >= 0.3 is 0 Å². The van der Waals surface area contributed by atoms with Crippen LogP contribution >= 0.6 is 27.5 Å². The number of phenolic OH excluding ortho intramolecular Hbond substituents is 1. The predicted molar refractivity (Wildman–Crippen MR) is 53.6 cm³/mol. The molecule has 0 radical (unpaired) electrons. The van der Waals surface area contributed by atoms with Crippen molar-refractivity contribution in [3.05, 3.63) is 27.2 Å². The molecule has 0 aliphatic rings. The van der Waals surface area contributed by atoms with E-state index in [2.05, 4.69) is 15.9 Å². The molecule has 0 aliphatic carbocycles. The van der Waals surface area contributed by atoms with Crippen LogP contribution < -0.4 is 5.73 Å². The summed E-state index contributed by atoms with van der Waals surface area (Å²) in [5.74, 6) is 0.194. The van der Waals surface area contributed by atoms with Crippen molar-refractivity contribution in [1.82, 2.24) is 0 Å². The number of hydrogen-bond acceptors (Lipinski definition) is 2. The van der Waals surface area contributed by atoms with Gasteiger partial charge in [-0.25, -0.2) is 0 Å². The van der Waals surface area contributed by atoms with E-state index in [1.165, 1.54) is 6.07 Å². The Morgan fingerprint density at radius 2 is 2.17 bits per heavy atom. The first-order chi connectivity index (χ1) is 5.65. The van der Waals surface area contributed by atoms with Crippen LogP contribution in [0.25, 0.3) is 0 Å². The Morgan fingerprint density at radius 1 is 1.50 bits per heavy atom. The summed E-state index contributed by atoms with van der Waals surface area (Å²) >= 11 is 9.00. The molecule has 66 valence electrons. The quantitative estimate of drug-likeness (QED) is 0.846. The minimum absolute atomic E-state index is 0.194. The SMILES string of the molecule is NCCc1c(O)cc(Cl)cc1Br. The van der Waals surface area contributed by atoms with E-state index in [1.807, 2.05) is 0 Å². The highest BCUT2D eigenvalue weighted by molar-refractivity contribution is 9.10. The van der Waals surface area contributed by atoms with Crippen molar-refractivity contribution in [2.24, 2.45) is 5.73 Å². The summed E-state index contributed by atoms with van der Waals surface area (Å²) < 4.78 is 0.804. The summed E-state index contributed by atoms with van der Waals surface area (Å²) in [6.45, 7) is 0.508. The molecular formula is C8H9BrClNO. The highest BCUT2D eigenvalue weighted by atomic mass is 79.9. The number of benzene rings is 1. The van der Waals surface area contributed by atoms with Gasteiger partial charge in [-0.2, -0.15) is 0 Å². The van der Waals surface area contributed by atoms with Crippen molar-refractivity contribution in [2.75, 3.05) is 6.54 Å². The average molecular weight is 251 g/mol. The molecule has 0 aromatic heterocycles. The maximum absolute atomic E-state index is 9.43. The molecule has 1 aromatic carbocycles. The van der Waals surface area contributed by atoms with Crippen molar-refractivity contribution in [2.45, 2.75) is 6.42 Å². The first-order valence-corrected chi connectivity index (χ1v) is 4.69. The Kier molecular flexibility index (Phi) is 3.38. The molecule has 0 unspecified atom stereocenters. The topological polar surface area (TPSA) is 46.2 Å². The predicted octanol–water partition coefficient (Wildman–Crippen LogP) is 2.31. The molecule has 0 aliphatic heterocycles. The zero-order valence-corrected chi connectivity index (χ0v) is 8.69. The molecule has 0 spiro atoms. The van der Waals surface area contributed by atoms with Gasteiger partial charge in [-0.05, 0) is 25.1 Å². The largest absolute Gasteiger partial charge is 0.508 e. The van der Waals surface area contributed by atoms with Crippen molar-refractivity contribution in [3.8, 4) is 5.75 Å². The fraction of sp³-hybridized carbons (Fsp3) is 0.250. The molecule has 2 nitrogen and oxygen atoms in total. The van der Waals surface area contributed by atoms with E-state index in [9.17, 15) is 5.11 Å². The van der Waals surface area contributed by atoms with E-state index in [-0.39, 0.29) is 5.75 Å². The lowest BCUT2D eigenvalue weighted by Crippen LogP contribution is -2.03. The molecule has 3 N–H and O–H groups in total. The van der Waals surface area contributed by atoms with E-state index in [0.717, 1.165) is 10.0 Å². The van der Waals surface area contributed by atoms with Gasteiger partial charge in [0.2, 0.25) is 0 Å². The Labute approximate surface area is 84.5 Å². The van der Waals surface area contributed by atoms with Crippen LogP contribution in [-0.2, 0) is 6.42 Å². The summed E-state index contributed by atoms with van der Waals surface area (Å²) in [6, 6.07) is 3.25. The molecular weight excluding hydrogens is 241 g/mol. The third kappa shape index (κ3) is 2.12. The van der Waals surface area contributed by atoms with Crippen molar-refractivity contribution in [3.63, 3.8) is 0 Å². The fourth-order valence-electron chi connectivity index (χ4n) is 0.982. The van der Waals surface area contributed by atoms with Crippen LogP contribution in [0.15, 0.2) is 16.6 Å². The average Bonchev–Trinajstić information content (AvgIpc) is 1.96. The fourth-order valence-corrected chi connectivity index (χ4v) is 1.97. The highest BCUT2D eigenvalue weighted by Crippen LogP contribution is 2.30. The van der Waals surface area contributed by atoms with Gasteiger partial charge in [-0.3, -0.25) is 0 Å². The lowest BCUT2D eigenvalue weighted by molar-refractivity contribution is 0.467. The first kappa shape index (κ1) is 9.84. The third-order valence-corrected chi connectivity index (χ3v) is 2.46. The lowest BCUT2D eigenvalue weighted by atomic mass is 10.1. The van der Waals surface area contributed by atoms with E-state index in [4.69, 9.17) is 17.3 Å². The standard InChI is InChI=1S/C8H9BrClNO/c9-7-3-5(10)4-8(12)6(7)1-2-11/h3-4,12H,1-2,11H2. The number of nitrogens with two attached hydrogens (primary N) is 1. The molecule has 0 fully saturated rings. The number of hydrogen-bond donors (Lipinski definition) is 2. The van der Waals surface area contributed by atoms with Crippen LogP contribution in [0.1, 0.15) is 5.56 Å². The van der Waals surface area contributed by atoms with Gasteiger partial charge in [0.15, 0.2) is 0 Å². The van der Waals surface area contributed by atoms with Crippen LogP contribution in [0.2, 0.25) is 5.02 Å². The van der Waals surface area contributed by atoms with Crippen LogP contribution in [-0.4, -0.2) is 11.7 Å². The number of rotatable bonds is 2. The Morgan fingerprint density at radius 3 is 2.67 bits per heavy atom. The normalized spacial score (nSPS) is 10.2. The first-order valence-electron chi connectivity index (χ1n) is 3.52. The minimum atomic E-state index is 0.194. The molecule has 0 saturated heterocycles. The van der Waals surface area contributed by atoms with Crippen LogP contribution in [0.5, 0.6) is 5.75 Å². The van der Waals surface area contributed by atoms with Crippen LogP contribution in [0.4, 0.5) is 0 Å². The summed E-state index contributed by atoms with van der Waals surface area (Å²) in [6.07, 6.45) is 0.642. The Balaban J connectivity index is 3.10. The number of halogens is 2. The zero-order chi connectivity index (χ0) is 9.14. The van der Waals surface area contributed by atoms with Gasteiger partial charge in [0.1, 0.15) is 5.75 Å². The summed E-state index contributed by atoms with van der Waals surface area (Å²) in [4.78, 5) is 0. The highest BCUT2D eigenvalue weighted by Gasteiger charge is 2.06. The second-order valence-corrected chi connectivity index (χ2v) is 3.71. The monoisotopic (exact) mass is 249 g/mol. The molecule has 1 aromatic rings. The molecule has 12 heavy (non-hydrogen) atoms. The number of aromatic hydroxyl groups is 1. The van der Waals surface area contributed by atoms with Gasteiger partial charge in [-0.15, -0.1) is 0 Å². The Hall–Kier alpha value is -0.250. The van der Waals surface area contributed by atoms with Gasteiger partial charge in [0.25, 0.3) is 0 Å². The molecule has 0 atom stereocenters. The van der Waals surface area contributed by atoms with Gasteiger partial charge < -0.3 is 10.8 Å². The van der Waals surface area contributed by atoms with Crippen molar-refractivity contribution < 1.29 is 5.11 Å². The number of phenols is 1. The molecule has 4 heteroatoms. The zero-order valence-electron chi connectivity index (χ0n) is 6.35. The third-order valence-electron chi connectivity index (χ3n) is 1.53. The summed E-state index contributed by atoms with van der Waals surface area (Å²) in [5, 5.41) is 9.95. The van der Waals surface area contributed by atoms with E-state index in [1.54, 1.807) is 6.07 Å². The summed E-state index contributed by atoms with van der Waals surface area (Å²) in [7, 11) is 0. The van der Waals surface area contributed by atoms with Crippen LogP contribution in [0.3, 0.4) is 0 Å². The molecule has 1 rings (SSSR count). The van der Waals surface area contributed by atoms with Crippen molar-refractivity contribution in [1.29, 1.82) is 0 Å². The molecule has 0 bridgehead atoms.